The van der Waals surface area contributed by atoms with Crippen molar-refractivity contribution in [3.63, 3.8) is 0 Å². The summed E-state index contributed by atoms with van der Waals surface area (Å²) < 4.78 is 2.07. The lowest BCUT2D eigenvalue weighted by Gasteiger charge is -2.08. The van der Waals surface area contributed by atoms with E-state index in [-0.39, 0.29) is 0 Å². The third-order valence-corrected chi connectivity index (χ3v) is 2.57. The minimum Gasteiger partial charge on any atom is -0.377 e. The number of pyridine rings is 1. The molecule has 2 aromatic heterocycles. The maximum Gasteiger partial charge on any atom is 0.152 e. The van der Waals surface area contributed by atoms with Crippen LogP contribution in [0.3, 0.4) is 0 Å². The molecule has 0 aromatic carbocycles. The van der Waals surface area contributed by atoms with Crippen molar-refractivity contribution in [1.82, 2.24) is 9.55 Å². The van der Waals surface area contributed by atoms with Gasteiger partial charge in [-0.15, -0.1) is 0 Å². The Morgan fingerprint density at radius 2 is 2.27 bits per heavy atom. The van der Waals surface area contributed by atoms with Crippen LogP contribution in [0.5, 0.6) is 0 Å². The van der Waals surface area contributed by atoms with Crippen LogP contribution in [0.1, 0.15) is 5.69 Å². The molecule has 2 heterocycles. The second kappa shape index (κ2) is 4.36. The molecule has 0 spiro atoms. The van der Waals surface area contributed by atoms with Gasteiger partial charge in [0.1, 0.15) is 0 Å². The van der Waals surface area contributed by atoms with Crippen molar-refractivity contribution in [2.45, 2.75) is 6.54 Å². The SMILES string of the molecule is Cn1cccc1CNc1cccnc1Cl. The number of anilines is 1. The number of hydrogen-bond donors (Lipinski definition) is 1. The molecule has 3 nitrogen and oxygen atoms in total. The molecule has 0 unspecified atom stereocenters. The van der Waals surface area contributed by atoms with E-state index in [1.807, 2.05) is 31.4 Å². The molecule has 2 rings (SSSR count). The van der Waals surface area contributed by atoms with Crippen LogP contribution in [0.15, 0.2) is 36.7 Å². The molecule has 0 radical (unpaired) electrons. The fourth-order valence-electron chi connectivity index (χ4n) is 1.38. The van der Waals surface area contributed by atoms with E-state index in [1.165, 1.54) is 5.69 Å². The minimum absolute atomic E-state index is 0.506. The minimum atomic E-state index is 0.506. The van der Waals surface area contributed by atoms with Gasteiger partial charge < -0.3 is 9.88 Å². The third-order valence-electron chi connectivity index (χ3n) is 2.27. The summed E-state index contributed by atoms with van der Waals surface area (Å²) in [5, 5.41) is 3.75. The van der Waals surface area contributed by atoms with E-state index in [0.29, 0.717) is 5.15 Å². The molecule has 4 heteroatoms. The Bertz CT molecular complexity index is 451. The lowest BCUT2D eigenvalue weighted by Crippen LogP contribution is -2.04. The van der Waals surface area contributed by atoms with E-state index in [9.17, 15) is 0 Å². The first kappa shape index (κ1) is 10.1. The Hall–Kier alpha value is -1.48. The lowest BCUT2D eigenvalue weighted by molar-refractivity contribution is 0.842. The van der Waals surface area contributed by atoms with E-state index in [0.717, 1.165) is 12.2 Å². The molecule has 0 atom stereocenters. The van der Waals surface area contributed by atoms with Crippen molar-refractivity contribution < 1.29 is 0 Å². The summed E-state index contributed by atoms with van der Waals surface area (Å²) >= 11 is 5.92. The molecule has 2 aromatic rings. The monoisotopic (exact) mass is 221 g/mol. The highest BCUT2D eigenvalue weighted by atomic mass is 35.5. The first-order chi connectivity index (χ1) is 7.27. The van der Waals surface area contributed by atoms with Crippen LogP contribution in [0.2, 0.25) is 5.15 Å². The zero-order valence-corrected chi connectivity index (χ0v) is 9.20. The van der Waals surface area contributed by atoms with Crippen LogP contribution in [0, 0.1) is 0 Å². The van der Waals surface area contributed by atoms with Gasteiger partial charge in [-0.05, 0) is 24.3 Å². The Morgan fingerprint density at radius 3 is 2.93 bits per heavy atom. The third kappa shape index (κ3) is 2.30. The highest BCUT2D eigenvalue weighted by Gasteiger charge is 2.00. The normalized spacial score (nSPS) is 10.3. The smallest absolute Gasteiger partial charge is 0.152 e. The summed E-state index contributed by atoms with van der Waals surface area (Å²) in [7, 11) is 2.02. The van der Waals surface area contributed by atoms with Gasteiger partial charge in [0.15, 0.2) is 5.15 Å². The number of hydrogen-bond acceptors (Lipinski definition) is 2. The summed E-state index contributed by atoms with van der Waals surface area (Å²) in [6.45, 7) is 0.745. The average Bonchev–Trinajstić information content (AvgIpc) is 2.63. The molecule has 0 amide bonds. The molecular weight excluding hydrogens is 210 g/mol. The zero-order chi connectivity index (χ0) is 10.7. The fourth-order valence-corrected chi connectivity index (χ4v) is 1.57. The molecule has 0 fully saturated rings. The van der Waals surface area contributed by atoms with Crippen molar-refractivity contribution in [2.75, 3.05) is 5.32 Å². The van der Waals surface area contributed by atoms with Gasteiger partial charge in [-0.2, -0.15) is 0 Å². The van der Waals surface area contributed by atoms with Gasteiger partial charge in [-0.1, -0.05) is 11.6 Å². The summed E-state index contributed by atoms with van der Waals surface area (Å²) in [6, 6.07) is 7.86. The zero-order valence-electron chi connectivity index (χ0n) is 8.44. The van der Waals surface area contributed by atoms with E-state index in [1.54, 1.807) is 6.20 Å². The van der Waals surface area contributed by atoms with Crippen molar-refractivity contribution in [1.29, 1.82) is 0 Å². The first-order valence-electron chi connectivity index (χ1n) is 4.72. The highest BCUT2D eigenvalue weighted by molar-refractivity contribution is 6.31. The van der Waals surface area contributed by atoms with Crippen molar-refractivity contribution in [2.24, 2.45) is 7.05 Å². The maximum absolute atomic E-state index is 5.92. The standard InChI is InChI=1S/C11H12ClN3/c1-15-7-3-4-9(15)8-14-10-5-2-6-13-11(10)12/h2-7,14H,8H2,1H3. The van der Waals surface area contributed by atoms with E-state index >= 15 is 0 Å². The van der Waals surface area contributed by atoms with Crippen molar-refractivity contribution >= 4 is 17.3 Å². The second-order valence-corrected chi connectivity index (χ2v) is 3.66. The van der Waals surface area contributed by atoms with Gasteiger partial charge in [0, 0.05) is 25.1 Å². The van der Waals surface area contributed by atoms with Gasteiger partial charge in [0.05, 0.1) is 12.2 Å². The summed E-state index contributed by atoms with van der Waals surface area (Å²) in [4.78, 5) is 4.00. The predicted molar refractivity (Wildman–Crippen MR) is 62.0 cm³/mol. The fraction of sp³-hybridized carbons (Fsp3) is 0.182. The van der Waals surface area contributed by atoms with Crippen LogP contribution in [-0.2, 0) is 13.6 Å². The van der Waals surface area contributed by atoms with E-state index in [4.69, 9.17) is 11.6 Å². The average molecular weight is 222 g/mol. The second-order valence-electron chi connectivity index (χ2n) is 3.31. The number of halogens is 1. The topological polar surface area (TPSA) is 29.9 Å². The van der Waals surface area contributed by atoms with Crippen LogP contribution in [-0.4, -0.2) is 9.55 Å². The number of rotatable bonds is 3. The van der Waals surface area contributed by atoms with E-state index in [2.05, 4.69) is 20.9 Å². The first-order valence-corrected chi connectivity index (χ1v) is 5.10. The number of aryl methyl sites for hydroxylation is 1. The summed E-state index contributed by atoms with van der Waals surface area (Å²) in [6.07, 6.45) is 3.69. The van der Waals surface area contributed by atoms with Crippen LogP contribution in [0.25, 0.3) is 0 Å². The Balaban J connectivity index is 2.06. The molecule has 0 saturated carbocycles. The van der Waals surface area contributed by atoms with Crippen LogP contribution < -0.4 is 5.32 Å². The molecule has 0 aliphatic heterocycles. The Labute approximate surface area is 93.7 Å². The lowest BCUT2D eigenvalue weighted by atomic mass is 10.4. The van der Waals surface area contributed by atoms with Gasteiger partial charge in [-0.3, -0.25) is 0 Å². The number of nitrogens with one attached hydrogen (secondary N) is 1. The molecular formula is C11H12ClN3. The Morgan fingerprint density at radius 1 is 1.40 bits per heavy atom. The molecule has 78 valence electrons. The van der Waals surface area contributed by atoms with Gasteiger partial charge in [0.2, 0.25) is 0 Å². The van der Waals surface area contributed by atoms with Gasteiger partial charge in [0.25, 0.3) is 0 Å². The van der Waals surface area contributed by atoms with Gasteiger partial charge >= 0.3 is 0 Å². The summed E-state index contributed by atoms with van der Waals surface area (Å²) in [5.41, 5.74) is 2.07. The molecule has 15 heavy (non-hydrogen) atoms. The quantitative estimate of drug-likeness (QED) is 0.808. The largest absolute Gasteiger partial charge is 0.377 e. The molecule has 1 N–H and O–H groups in total. The number of aromatic nitrogens is 2. The predicted octanol–water partition coefficient (Wildman–Crippen LogP) is 2.69. The van der Waals surface area contributed by atoms with Crippen LogP contribution >= 0.6 is 11.6 Å². The maximum atomic E-state index is 5.92. The molecule has 0 saturated heterocycles. The Kier molecular flexibility index (Phi) is 2.92. The summed E-state index contributed by atoms with van der Waals surface area (Å²) in [5.74, 6) is 0. The van der Waals surface area contributed by atoms with Gasteiger partial charge in [-0.25, -0.2) is 4.98 Å². The number of nitrogens with zero attached hydrogens (tertiary/aromatic N) is 2. The molecule has 0 bridgehead atoms. The van der Waals surface area contributed by atoms with E-state index < -0.39 is 0 Å². The van der Waals surface area contributed by atoms with Crippen molar-refractivity contribution in [3.8, 4) is 0 Å². The molecule has 0 aliphatic carbocycles. The van der Waals surface area contributed by atoms with Crippen molar-refractivity contribution in [3.05, 3.63) is 47.5 Å². The highest BCUT2D eigenvalue weighted by Crippen LogP contribution is 2.18. The molecule has 0 aliphatic rings. The van der Waals surface area contributed by atoms with Crippen LogP contribution in [0.4, 0.5) is 5.69 Å².